The number of carboxylic acids is 1. The van der Waals surface area contributed by atoms with Crippen LogP contribution in [0.2, 0.25) is 0 Å². The first-order chi connectivity index (χ1) is 6.51. The lowest BCUT2D eigenvalue weighted by Crippen LogP contribution is -2.55. The van der Waals surface area contributed by atoms with Gasteiger partial charge in [-0.05, 0) is 19.3 Å². The molecule has 1 saturated carbocycles. The summed E-state index contributed by atoms with van der Waals surface area (Å²) in [4.78, 5) is 31.7. The number of amides is 1. The highest BCUT2D eigenvalue weighted by molar-refractivity contribution is 6.61. The number of nitriles is 1. The minimum atomic E-state index is -1.81. The van der Waals surface area contributed by atoms with Crippen molar-refractivity contribution in [2.75, 3.05) is 0 Å². The Balaban J connectivity index is 2.61. The second-order valence-electron chi connectivity index (χ2n) is 3.14. The summed E-state index contributed by atoms with van der Waals surface area (Å²) in [7, 11) is 0. The summed E-state index contributed by atoms with van der Waals surface area (Å²) in [6.45, 7) is 0. The molecule has 1 fully saturated rings. The summed E-state index contributed by atoms with van der Waals surface area (Å²) in [5.41, 5.74) is -1.03. The van der Waals surface area contributed by atoms with E-state index in [9.17, 15) is 14.4 Å². The first-order valence-corrected chi connectivity index (χ1v) is 4.02. The molecule has 14 heavy (non-hydrogen) atoms. The fourth-order valence-electron chi connectivity index (χ4n) is 1.17. The van der Waals surface area contributed by atoms with Crippen LogP contribution in [0.15, 0.2) is 0 Å². The Kier molecular flexibility index (Phi) is 2.51. The molecular formula is C8H8N2O4. The average Bonchev–Trinajstić information content (AvgIpc) is 2.09. The van der Waals surface area contributed by atoms with Crippen LogP contribution >= 0.6 is 0 Å². The van der Waals surface area contributed by atoms with Crippen LogP contribution in [-0.2, 0) is 14.4 Å². The highest BCUT2D eigenvalue weighted by Crippen LogP contribution is 2.30. The Morgan fingerprint density at radius 1 is 1.36 bits per heavy atom. The third-order valence-corrected chi connectivity index (χ3v) is 2.17. The van der Waals surface area contributed by atoms with E-state index in [1.165, 1.54) is 0 Å². The van der Waals surface area contributed by atoms with Crippen LogP contribution in [0, 0.1) is 11.3 Å². The monoisotopic (exact) mass is 196 g/mol. The van der Waals surface area contributed by atoms with Gasteiger partial charge >= 0.3 is 17.7 Å². The largest absolute Gasteiger partial charge is 0.475 e. The molecule has 0 spiro atoms. The molecule has 6 nitrogen and oxygen atoms in total. The smallest absolute Gasteiger partial charge is 0.382 e. The van der Waals surface area contributed by atoms with Crippen LogP contribution in [-0.4, -0.2) is 28.3 Å². The first kappa shape index (κ1) is 10.2. The minimum absolute atomic E-state index is 0.460. The zero-order chi connectivity index (χ0) is 10.8. The normalized spacial score (nSPS) is 17.4. The molecule has 6 heteroatoms. The summed E-state index contributed by atoms with van der Waals surface area (Å²) < 4.78 is 0. The molecule has 0 aromatic heterocycles. The molecule has 0 unspecified atom stereocenters. The van der Waals surface area contributed by atoms with Gasteiger partial charge in [-0.3, -0.25) is 9.59 Å². The molecule has 0 aromatic carbocycles. The van der Waals surface area contributed by atoms with Gasteiger partial charge in [-0.25, -0.2) is 4.79 Å². The molecule has 0 atom stereocenters. The minimum Gasteiger partial charge on any atom is -0.475 e. The second-order valence-corrected chi connectivity index (χ2v) is 3.14. The van der Waals surface area contributed by atoms with Gasteiger partial charge in [0.25, 0.3) is 0 Å². The van der Waals surface area contributed by atoms with E-state index < -0.39 is 23.2 Å². The van der Waals surface area contributed by atoms with E-state index in [0.717, 1.165) is 6.42 Å². The molecule has 1 rings (SSSR count). The second kappa shape index (κ2) is 3.46. The molecule has 0 saturated heterocycles. The van der Waals surface area contributed by atoms with Crippen molar-refractivity contribution >= 4 is 17.7 Å². The predicted molar refractivity (Wildman–Crippen MR) is 43.0 cm³/mol. The van der Waals surface area contributed by atoms with Crippen LogP contribution in [0.4, 0.5) is 0 Å². The SMILES string of the molecule is N#CC1(NC(=O)C(=O)C(=O)O)CCC1. The Hall–Kier alpha value is -1.90. The van der Waals surface area contributed by atoms with Crippen molar-refractivity contribution in [2.24, 2.45) is 0 Å². The van der Waals surface area contributed by atoms with Crippen molar-refractivity contribution in [3.8, 4) is 6.07 Å². The maximum Gasteiger partial charge on any atom is 0.382 e. The Morgan fingerprint density at radius 2 is 1.93 bits per heavy atom. The molecule has 0 bridgehead atoms. The summed E-state index contributed by atoms with van der Waals surface area (Å²) in [6, 6.07) is 1.86. The van der Waals surface area contributed by atoms with Crippen LogP contribution in [0.5, 0.6) is 0 Å². The summed E-state index contributed by atoms with van der Waals surface area (Å²) >= 11 is 0. The molecule has 0 aliphatic heterocycles. The number of nitrogens with zero attached hydrogens (tertiary/aromatic N) is 1. The van der Waals surface area contributed by atoms with Gasteiger partial charge in [0.05, 0.1) is 6.07 Å². The highest BCUT2D eigenvalue weighted by atomic mass is 16.4. The van der Waals surface area contributed by atoms with Crippen LogP contribution in [0.3, 0.4) is 0 Å². The Bertz CT molecular complexity index is 338. The van der Waals surface area contributed by atoms with Crippen LogP contribution < -0.4 is 5.32 Å². The van der Waals surface area contributed by atoms with Crippen molar-refractivity contribution in [3.05, 3.63) is 0 Å². The lowest BCUT2D eigenvalue weighted by atomic mass is 9.78. The number of carbonyl (C=O) groups excluding carboxylic acids is 2. The topological polar surface area (TPSA) is 107 Å². The number of ketones is 1. The molecule has 74 valence electrons. The van der Waals surface area contributed by atoms with Gasteiger partial charge in [-0.1, -0.05) is 0 Å². The summed E-state index contributed by atoms with van der Waals surface area (Å²) in [5.74, 6) is -4.57. The van der Waals surface area contributed by atoms with Crippen molar-refractivity contribution in [1.82, 2.24) is 5.32 Å². The van der Waals surface area contributed by atoms with E-state index in [1.807, 2.05) is 6.07 Å². The van der Waals surface area contributed by atoms with Gasteiger partial charge in [0.2, 0.25) is 0 Å². The lowest BCUT2D eigenvalue weighted by molar-refractivity contribution is -0.154. The van der Waals surface area contributed by atoms with Crippen LogP contribution in [0.25, 0.3) is 0 Å². The van der Waals surface area contributed by atoms with Gasteiger partial charge in [-0.15, -0.1) is 0 Å². The van der Waals surface area contributed by atoms with Gasteiger partial charge in [-0.2, -0.15) is 5.26 Å². The Morgan fingerprint density at radius 3 is 2.21 bits per heavy atom. The number of carboxylic acid groups (broad SMARTS) is 1. The lowest BCUT2D eigenvalue weighted by Gasteiger charge is -2.35. The first-order valence-electron chi connectivity index (χ1n) is 4.02. The molecule has 0 radical (unpaired) electrons. The average molecular weight is 196 g/mol. The maximum atomic E-state index is 11.0. The molecular weight excluding hydrogens is 188 g/mol. The molecule has 1 aliphatic rings. The van der Waals surface area contributed by atoms with E-state index in [0.29, 0.717) is 12.8 Å². The van der Waals surface area contributed by atoms with Gasteiger partial charge in [0.1, 0.15) is 5.54 Å². The van der Waals surface area contributed by atoms with E-state index in [2.05, 4.69) is 5.32 Å². The van der Waals surface area contributed by atoms with Gasteiger partial charge in [0, 0.05) is 0 Å². The number of carbonyl (C=O) groups is 3. The fraction of sp³-hybridized carbons (Fsp3) is 0.500. The van der Waals surface area contributed by atoms with Gasteiger partial charge < -0.3 is 10.4 Å². The van der Waals surface area contributed by atoms with E-state index in [4.69, 9.17) is 10.4 Å². The van der Waals surface area contributed by atoms with Crippen molar-refractivity contribution < 1.29 is 19.5 Å². The van der Waals surface area contributed by atoms with Crippen molar-refractivity contribution in [2.45, 2.75) is 24.8 Å². The van der Waals surface area contributed by atoms with E-state index in [-0.39, 0.29) is 0 Å². The van der Waals surface area contributed by atoms with Crippen LogP contribution in [0.1, 0.15) is 19.3 Å². The molecule has 0 aromatic rings. The Labute approximate surface area is 79.5 Å². The third-order valence-electron chi connectivity index (χ3n) is 2.17. The number of hydrogen-bond acceptors (Lipinski definition) is 4. The number of nitrogens with one attached hydrogen (secondary N) is 1. The summed E-state index contributed by atoms with van der Waals surface area (Å²) in [6.07, 6.45) is 1.71. The highest BCUT2D eigenvalue weighted by Gasteiger charge is 2.40. The molecule has 1 amide bonds. The third kappa shape index (κ3) is 1.71. The van der Waals surface area contributed by atoms with Gasteiger partial charge in [0.15, 0.2) is 0 Å². The maximum absolute atomic E-state index is 11.0. The number of rotatable bonds is 3. The quantitative estimate of drug-likeness (QED) is 0.454. The standard InChI is InChI=1S/C8H8N2O4/c9-4-8(2-1-3-8)10-6(12)5(11)7(13)14/h1-3H2,(H,10,12)(H,13,14). The molecule has 0 heterocycles. The number of aliphatic carboxylic acids is 1. The van der Waals surface area contributed by atoms with Crippen molar-refractivity contribution in [1.29, 1.82) is 5.26 Å². The summed E-state index contributed by atoms with van der Waals surface area (Å²) in [5, 5.41) is 19.0. The predicted octanol–water partition coefficient (Wildman–Crippen LogP) is -0.797. The fourth-order valence-corrected chi connectivity index (χ4v) is 1.17. The zero-order valence-corrected chi connectivity index (χ0v) is 7.24. The van der Waals surface area contributed by atoms with E-state index >= 15 is 0 Å². The number of Topliss-reactive ketones (excluding diaryl/α,β-unsaturated/α-hetero) is 1. The molecule has 2 N–H and O–H groups in total. The van der Waals surface area contributed by atoms with E-state index in [1.54, 1.807) is 0 Å². The van der Waals surface area contributed by atoms with Crippen molar-refractivity contribution in [3.63, 3.8) is 0 Å². The number of hydrogen-bond donors (Lipinski definition) is 2. The zero-order valence-electron chi connectivity index (χ0n) is 7.24. The molecule has 1 aliphatic carbocycles.